The fourth-order valence-electron chi connectivity index (χ4n) is 3.84. The molecule has 0 aliphatic carbocycles. The van der Waals surface area contributed by atoms with Crippen molar-refractivity contribution in [2.24, 2.45) is 0 Å². The molecule has 2 aromatic carbocycles. The topological polar surface area (TPSA) is 122 Å². The van der Waals surface area contributed by atoms with Gasteiger partial charge in [-0.15, -0.1) is 0 Å². The third-order valence-corrected chi connectivity index (χ3v) is 5.37. The summed E-state index contributed by atoms with van der Waals surface area (Å²) in [5, 5.41) is 22.6. The number of methoxy groups -OCH3 is 1. The molecule has 0 aliphatic heterocycles. The number of halogens is 1. The third-order valence-electron chi connectivity index (χ3n) is 5.37. The lowest BCUT2D eigenvalue weighted by atomic mass is 10.1. The second-order valence-electron chi connectivity index (χ2n) is 7.50. The minimum atomic E-state index is -1.07. The summed E-state index contributed by atoms with van der Waals surface area (Å²) >= 11 is 0. The summed E-state index contributed by atoms with van der Waals surface area (Å²) in [4.78, 5) is 20.0. The molecule has 2 N–H and O–H groups in total. The predicted octanol–water partition coefficient (Wildman–Crippen LogP) is 4.33. The van der Waals surface area contributed by atoms with Gasteiger partial charge in [-0.3, -0.25) is 0 Å². The molecule has 0 unspecified atom stereocenters. The zero-order valence-corrected chi connectivity index (χ0v) is 19.1. The summed E-state index contributed by atoms with van der Waals surface area (Å²) in [7, 11) is 1.49. The Kier molecular flexibility index (Phi) is 6.78. The first-order chi connectivity index (χ1) is 16.9. The van der Waals surface area contributed by atoms with Crippen LogP contribution >= 0.6 is 0 Å². The number of aromatic nitrogens is 3. The number of nitrogens with zero attached hydrogens (tertiary/aromatic N) is 4. The molecule has 0 spiro atoms. The van der Waals surface area contributed by atoms with E-state index in [1.165, 1.54) is 37.7 Å². The van der Waals surface area contributed by atoms with Gasteiger partial charge in [0.25, 0.3) is 0 Å². The molecule has 0 saturated heterocycles. The molecule has 0 saturated carbocycles. The number of rotatable bonds is 9. The average Bonchev–Trinajstić information content (AvgIpc) is 3.24. The number of hydrogen-bond donors (Lipinski definition) is 2. The van der Waals surface area contributed by atoms with Gasteiger partial charge in [0.05, 0.1) is 30.5 Å². The number of carboxylic acids is 1. The first kappa shape index (κ1) is 23.5. The van der Waals surface area contributed by atoms with Crippen LogP contribution in [0.15, 0.2) is 48.8 Å². The summed E-state index contributed by atoms with van der Waals surface area (Å²) in [6.45, 7) is 2.83. The fraction of sp³-hybridized carbons (Fsp3) is 0.200. The van der Waals surface area contributed by atoms with Gasteiger partial charge in [0.1, 0.15) is 41.2 Å². The average molecular weight is 475 g/mol. The second kappa shape index (κ2) is 10.1. The number of fused-ring (bicyclic) bond motifs is 1. The number of anilines is 1. The number of hydrogen-bond acceptors (Lipinski definition) is 7. The molecule has 0 bridgehead atoms. The fourth-order valence-corrected chi connectivity index (χ4v) is 3.84. The van der Waals surface area contributed by atoms with Crippen LogP contribution in [-0.2, 0) is 6.54 Å². The van der Waals surface area contributed by atoms with Gasteiger partial charge in [0, 0.05) is 30.1 Å². The molecule has 4 aromatic rings. The molecular weight excluding hydrogens is 453 g/mol. The van der Waals surface area contributed by atoms with E-state index >= 15 is 0 Å². The molecule has 35 heavy (non-hydrogen) atoms. The molecule has 178 valence electrons. The van der Waals surface area contributed by atoms with Crippen LogP contribution in [0.5, 0.6) is 11.5 Å². The van der Waals surface area contributed by atoms with Crippen molar-refractivity contribution >= 4 is 22.7 Å². The van der Waals surface area contributed by atoms with Gasteiger partial charge in [0.15, 0.2) is 0 Å². The SMILES string of the molecule is CCOc1cc(C(=O)O)cc(-c2cc(NCCn3c(C#N)cc4c(OC)ccc(F)c43)ncn2)c1. The van der Waals surface area contributed by atoms with E-state index in [-0.39, 0.29) is 5.56 Å². The Labute approximate surface area is 200 Å². The summed E-state index contributed by atoms with van der Waals surface area (Å²) in [6.07, 6.45) is 1.36. The molecular formula is C25H22FN5O4. The first-order valence-corrected chi connectivity index (χ1v) is 10.8. The summed E-state index contributed by atoms with van der Waals surface area (Å²) in [5.74, 6) is -0.121. The van der Waals surface area contributed by atoms with Crippen LogP contribution in [0.1, 0.15) is 23.0 Å². The number of benzene rings is 2. The predicted molar refractivity (Wildman–Crippen MR) is 127 cm³/mol. The zero-order valence-electron chi connectivity index (χ0n) is 19.1. The Bertz CT molecular complexity index is 1440. The number of ether oxygens (including phenoxy) is 2. The number of carboxylic acid groups (broad SMARTS) is 1. The largest absolute Gasteiger partial charge is 0.496 e. The minimum Gasteiger partial charge on any atom is -0.496 e. The molecule has 0 atom stereocenters. The molecule has 10 heteroatoms. The number of aromatic carboxylic acids is 1. The Morgan fingerprint density at radius 1 is 1.23 bits per heavy atom. The lowest BCUT2D eigenvalue weighted by Crippen LogP contribution is -2.13. The van der Waals surface area contributed by atoms with Gasteiger partial charge in [-0.1, -0.05) is 0 Å². The van der Waals surface area contributed by atoms with Crippen molar-refractivity contribution in [2.75, 3.05) is 25.6 Å². The molecule has 2 heterocycles. The third kappa shape index (κ3) is 4.84. The Morgan fingerprint density at radius 3 is 2.77 bits per heavy atom. The van der Waals surface area contributed by atoms with Gasteiger partial charge >= 0.3 is 5.97 Å². The normalized spacial score (nSPS) is 10.7. The maximum atomic E-state index is 14.6. The Balaban J connectivity index is 1.57. The van der Waals surface area contributed by atoms with Crippen LogP contribution < -0.4 is 14.8 Å². The van der Waals surface area contributed by atoms with Gasteiger partial charge in [-0.25, -0.2) is 19.2 Å². The maximum Gasteiger partial charge on any atom is 0.335 e. The molecule has 0 radical (unpaired) electrons. The molecule has 4 rings (SSSR count). The molecule has 2 aromatic heterocycles. The van der Waals surface area contributed by atoms with Gasteiger partial charge in [-0.05, 0) is 43.3 Å². The Morgan fingerprint density at radius 2 is 2.06 bits per heavy atom. The van der Waals surface area contributed by atoms with E-state index in [4.69, 9.17) is 9.47 Å². The van der Waals surface area contributed by atoms with Crippen LogP contribution in [-0.4, -0.2) is 45.9 Å². The summed E-state index contributed by atoms with van der Waals surface area (Å²) < 4.78 is 27.0. The van der Waals surface area contributed by atoms with Crippen LogP contribution in [0.25, 0.3) is 22.2 Å². The monoisotopic (exact) mass is 475 g/mol. The van der Waals surface area contributed by atoms with Gasteiger partial charge in [-0.2, -0.15) is 5.26 Å². The van der Waals surface area contributed by atoms with E-state index in [0.29, 0.717) is 64.9 Å². The molecule has 0 amide bonds. The van der Waals surface area contributed by atoms with Crippen molar-refractivity contribution in [3.63, 3.8) is 0 Å². The van der Waals surface area contributed by atoms with E-state index in [0.717, 1.165) is 0 Å². The van der Waals surface area contributed by atoms with Crippen LogP contribution in [0.3, 0.4) is 0 Å². The van der Waals surface area contributed by atoms with Gasteiger partial charge in [0.2, 0.25) is 0 Å². The van der Waals surface area contributed by atoms with E-state index in [2.05, 4.69) is 21.4 Å². The highest BCUT2D eigenvalue weighted by Gasteiger charge is 2.16. The minimum absolute atomic E-state index is 0.0834. The summed E-state index contributed by atoms with van der Waals surface area (Å²) in [5.41, 5.74) is 1.75. The van der Waals surface area contributed by atoms with Crippen molar-refractivity contribution in [2.45, 2.75) is 13.5 Å². The number of nitriles is 1. The molecule has 0 fully saturated rings. The van der Waals surface area contributed by atoms with E-state index in [9.17, 15) is 19.6 Å². The van der Waals surface area contributed by atoms with Crippen molar-refractivity contribution in [3.8, 4) is 28.8 Å². The lowest BCUT2D eigenvalue weighted by molar-refractivity contribution is 0.0696. The van der Waals surface area contributed by atoms with Crippen molar-refractivity contribution < 1.29 is 23.8 Å². The quantitative estimate of drug-likeness (QED) is 0.367. The highest BCUT2D eigenvalue weighted by atomic mass is 19.1. The number of carbonyl (C=O) groups is 1. The van der Waals surface area contributed by atoms with Crippen LogP contribution in [0.4, 0.5) is 10.2 Å². The number of nitrogens with one attached hydrogen (secondary N) is 1. The van der Waals surface area contributed by atoms with Crippen LogP contribution in [0.2, 0.25) is 0 Å². The van der Waals surface area contributed by atoms with E-state index < -0.39 is 11.8 Å². The summed E-state index contributed by atoms with van der Waals surface area (Å²) in [6, 6.07) is 12.9. The van der Waals surface area contributed by atoms with Gasteiger partial charge < -0.3 is 24.5 Å². The zero-order chi connectivity index (χ0) is 24.9. The Hall–Kier alpha value is -4.65. The first-order valence-electron chi connectivity index (χ1n) is 10.8. The lowest BCUT2D eigenvalue weighted by Gasteiger charge is -2.12. The maximum absolute atomic E-state index is 14.6. The van der Waals surface area contributed by atoms with Crippen molar-refractivity contribution in [1.82, 2.24) is 14.5 Å². The van der Waals surface area contributed by atoms with E-state index in [1.54, 1.807) is 22.8 Å². The van der Waals surface area contributed by atoms with Crippen LogP contribution in [0, 0.1) is 17.1 Å². The molecule has 9 nitrogen and oxygen atoms in total. The second-order valence-corrected chi connectivity index (χ2v) is 7.50. The van der Waals surface area contributed by atoms with Crippen molar-refractivity contribution in [3.05, 3.63) is 65.9 Å². The highest BCUT2D eigenvalue weighted by Crippen LogP contribution is 2.31. The standard InChI is InChI=1S/C25H22FN5O4/c1-3-35-18-9-15(8-16(10-18)25(32)33)21-12-23(30-14-29-21)28-6-7-31-17(13-27)11-19-22(34-2)5-4-20(26)24(19)31/h4-5,8-12,14H,3,6-7H2,1-2H3,(H,32,33)(H,28,29,30). The smallest absolute Gasteiger partial charge is 0.335 e. The van der Waals surface area contributed by atoms with Crippen molar-refractivity contribution in [1.29, 1.82) is 5.26 Å². The highest BCUT2D eigenvalue weighted by molar-refractivity contribution is 5.90. The van der Waals surface area contributed by atoms with E-state index in [1.807, 2.05) is 6.92 Å². The molecule has 0 aliphatic rings.